The number of anilines is 1. The standard InChI is InChI=1S/C16H15BrClN3O2/c1-10(20-14-5-2-12(17)3-6-14)16(23)21-19-9-11-8-13(18)4-7-15(11)22/h2-10,20,22H,1H3,(H,21,23)/b19-9-/t10-/m0/s1. The van der Waals surface area contributed by atoms with Crippen LogP contribution in [0.25, 0.3) is 0 Å². The van der Waals surface area contributed by atoms with E-state index >= 15 is 0 Å². The molecule has 0 aromatic heterocycles. The number of amides is 1. The summed E-state index contributed by atoms with van der Waals surface area (Å²) in [6, 6.07) is 11.6. The minimum absolute atomic E-state index is 0.0356. The molecule has 0 aliphatic rings. The molecule has 0 fully saturated rings. The Morgan fingerprint density at radius 3 is 2.70 bits per heavy atom. The molecule has 0 aliphatic carbocycles. The van der Waals surface area contributed by atoms with E-state index in [1.807, 2.05) is 24.3 Å². The van der Waals surface area contributed by atoms with Crippen molar-refractivity contribution in [2.45, 2.75) is 13.0 Å². The van der Waals surface area contributed by atoms with Crippen LogP contribution in [0.4, 0.5) is 5.69 Å². The summed E-state index contributed by atoms with van der Waals surface area (Å²) in [6.07, 6.45) is 1.34. The SMILES string of the molecule is C[C@H](Nc1ccc(Br)cc1)C(=O)N/N=C\c1cc(Cl)ccc1O. The molecule has 0 radical (unpaired) electrons. The Labute approximate surface area is 147 Å². The minimum Gasteiger partial charge on any atom is -0.507 e. The second kappa shape index (κ2) is 7.99. The maximum Gasteiger partial charge on any atom is 0.262 e. The van der Waals surface area contributed by atoms with Gasteiger partial charge in [0, 0.05) is 20.7 Å². The van der Waals surface area contributed by atoms with Gasteiger partial charge in [0.15, 0.2) is 0 Å². The van der Waals surface area contributed by atoms with Crippen molar-refractivity contribution >= 4 is 45.3 Å². The largest absolute Gasteiger partial charge is 0.507 e. The van der Waals surface area contributed by atoms with Gasteiger partial charge < -0.3 is 10.4 Å². The van der Waals surface area contributed by atoms with E-state index in [9.17, 15) is 9.90 Å². The van der Waals surface area contributed by atoms with Crippen molar-refractivity contribution in [3.63, 3.8) is 0 Å². The highest BCUT2D eigenvalue weighted by Crippen LogP contribution is 2.19. The first-order chi connectivity index (χ1) is 11.0. The van der Waals surface area contributed by atoms with E-state index in [0.29, 0.717) is 10.6 Å². The number of nitrogens with zero attached hydrogens (tertiary/aromatic N) is 1. The Bertz CT molecular complexity index is 720. The Balaban J connectivity index is 1.92. The lowest BCUT2D eigenvalue weighted by atomic mass is 10.2. The average Bonchev–Trinajstić information content (AvgIpc) is 2.52. The highest BCUT2D eigenvalue weighted by atomic mass is 79.9. The third-order valence-corrected chi connectivity index (χ3v) is 3.75. The second-order valence-electron chi connectivity index (χ2n) is 4.81. The highest BCUT2D eigenvalue weighted by Gasteiger charge is 2.11. The predicted octanol–water partition coefficient (Wildman–Crippen LogP) is 3.76. The summed E-state index contributed by atoms with van der Waals surface area (Å²) in [5, 5.41) is 17.0. The monoisotopic (exact) mass is 395 g/mol. The topological polar surface area (TPSA) is 73.7 Å². The van der Waals surface area contributed by atoms with Gasteiger partial charge in [-0.15, -0.1) is 0 Å². The average molecular weight is 397 g/mol. The number of halogens is 2. The molecule has 0 unspecified atom stereocenters. The van der Waals surface area contributed by atoms with Gasteiger partial charge in [0.1, 0.15) is 11.8 Å². The van der Waals surface area contributed by atoms with Gasteiger partial charge in [-0.1, -0.05) is 27.5 Å². The zero-order valence-corrected chi connectivity index (χ0v) is 14.6. The second-order valence-corrected chi connectivity index (χ2v) is 6.16. The van der Waals surface area contributed by atoms with Gasteiger partial charge in [-0.2, -0.15) is 5.10 Å². The Kier molecular flexibility index (Phi) is 6.01. The fourth-order valence-electron chi connectivity index (χ4n) is 1.75. The van der Waals surface area contributed by atoms with Gasteiger partial charge in [0.2, 0.25) is 0 Å². The molecule has 0 saturated heterocycles. The van der Waals surface area contributed by atoms with Crippen molar-refractivity contribution in [3.8, 4) is 5.75 Å². The van der Waals surface area contributed by atoms with E-state index in [4.69, 9.17) is 11.6 Å². The maximum absolute atomic E-state index is 12.0. The molecule has 2 rings (SSSR count). The van der Waals surface area contributed by atoms with Crippen LogP contribution in [0.1, 0.15) is 12.5 Å². The fourth-order valence-corrected chi connectivity index (χ4v) is 2.20. The molecule has 7 heteroatoms. The van der Waals surface area contributed by atoms with Crippen molar-refractivity contribution in [2.24, 2.45) is 5.10 Å². The van der Waals surface area contributed by atoms with E-state index in [-0.39, 0.29) is 11.7 Å². The van der Waals surface area contributed by atoms with Crippen molar-refractivity contribution in [1.82, 2.24) is 5.43 Å². The number of carbonyl (C=O) groups excluding carboxylic acids is 1. The van der Waals surface area contributed by atoms with Crippen LogP contribution in [0.3, 0.4) is 0 Å². The summed E-state index contributed by atoms with van der Waals surface area (Å²) in [7, 11) is 0. The molecule has 0 spiro atoms. The molecule has 120 valence electrons. The molecular weight excluding hydrogens is 382 g/mol. The van der Waals surface area contributed by atoms with Crippen LogP contribution in [-0.4, -0.2) is 23.3 Å². The number of aromatic hydroxyl groups is 1. The first-order valence-electron chi connectivity index (χ1n) is 6.79. The van der Waals surface area contributed by atoms with Gasteiger partial charge >= 0.3 is 0 Å². The Morgan fingerprint density at radius 1 is 1.30 bits per heavy atom. The Morgan fingerprint density at radius 2 is 2.00 bits per heavy atom. The number of nitrogens with one attached hydrogen (secondary N) is 2. The zero-order valence-electron chi connectivity index (χ0n) is 12.3. The van der Waals surface area contributed by atoms with Crippen LogP contribution < -0.4 is 10.7 Å². The molecule has 0 saturated carbocycles. The Hall–Kier alpha value is -2.05. The lowest BCUT2D eigenvalue weighted by Gasteiger charge is -2.13. The lowest BCUT2D eigenvalue weighted by Crippen LogP contribution is -2.34. The van der Waals surface area contributed by atoms with Crippen molar-refractivity contribution in [3.05, 3.63) is 57.5 Å². The smallest absolute Gasteiger partial charge is 0.262 e. The molecule has 1 atom stereocenters. The number of carbonyl (C=O) groups is 1. The summed E-state index contributed by atoms with van der Waals surface area (Å²) in [5.41, 5.74) is 3.66. The number of phenolic OH excluding ortho intramolecular Hbond substituents is 1. The van der Waals surface area contributed by atoms with Gasteiger partial charge in [-0.25, -0.2) is 5.43 Å². The number of rotatable bonds is 5. The lowest BCUT2D eigenvalue weighted by molar-refractivity contribution is -0.121. The molecule has 3 N–H and O–H groups in total. The third-order valence-electron chi connectivity index (χ3n) is 2.99. The first-order valence-corrected chi connectivity index (χ1v) is 7.96. The molecule has 2 aromatic carbocycles. The summed E-state index contributed by atoms with van der Waals surface area (Å²) in [4.78, 5) is 12.0. The van der Waals surface area contributed by atoms with Gasteiger partial charge in [-0.3, -0.25) is 4.79 Å². The quantitative estimate of drug-likeness (QED) is 0.532. The maximum atomic E-state index is 12.0. The van der Waals surface area contributed by atoms with Crippen LogP contribution >= 0.6 is 27.5 Å². The molecule has 23 heavy (non-hydrogen) atoms. The first kappa shape index (κ1) is 17.3. The van der Waals surface area contributed by atoms with Crippen LogP contribution in [0.15, 0.2) is 52.0 Å². The number of phenols is 1. The number of hydrogen-bond donors (Lipinski definition) is 3. The summed E-state index contributed by atoms with van der Waals surface area (Å²) in [5.74, 6) is -0.265. The van der Waals surface area contributed by atoms with E-state index < -0.39 is 6.04 Å². The molecule has 2 aromatic rings. The summed E-state index contributed by atoms with van der Waals surface area (Å²) < 4.78 is 0.964. The number of hydrogen-bond acceptors (Lipinski definition) is 4. The van der Waals surface area contributed by atoms with Crippen LogP contribution in [-0.2, 0) is 4.79 Å². The predicted molar refractivity (Wildman–Crippen MR) is 96.1 cm³/mol. The molecule has 1 amide bonds. The number of benzene rings is 2. The van der Waals surface area contributed by atoms with Gasteiger partial charge in [-0.05, 0) is 49.4 Å². The molecule has 0 aliphatic heterocycles. The van der Waals surface area contributed by atoms with Gasteiger partial charge in [0.25, 0.3) is 5.91 Å². The zero-order chi connectivity index (χ0) is 16.8. The summed E-state index contributed by atoms with van der Waals surface area (Å²) in [6.45, 7) is 1.73. The molecule has 5 nitrogen and oxygen atoms in total. The van der Waals surface area contributed by atoms with E-state index in [1.165, 1.54) is 12.3 Å². The van der Waals surface area contributed by atoms with E-state index in [1.54, 1.807) is 19.1 Å². The molecular formula is C16H15BrClN3O2. The highest BCUT2D eigenvalue weighted by molar-refractivity contribution is 9.10. The van der Waals surface area contributed by atoms with Crippen LogP contribution in [0.5, 0.6) is 5.75 Å². The van der Waals surface area contributed by atoms with E-state index in [0.717, 1.165) is 10.2 Å². The van der Waals surface area contributed by atoms with E-state index in [2.05, 4.69) is 31.8 Å². The summed E-state index contributed by atoms with van der Waals surface area (Å²) >= 11 is 9.19. The van der Waals surface area contributed by atoms with Crippen molar-refractivity contribution in [2.75, 3.05) is 5.32 Å². The van der Waals surface area contributed by atoms with Gasteiger partial charge in [0.05, 0.1) is 6.21 Å². The van der Waals surface area contributed by atoms with Crippen LogP contribution in [0, 0.1) is 0 Å². The molecule has 0 bridgehead atoms. The van der Waals surface area contributed by atoms with Crippen LogP contribution in [0.2, 0.25) is 5.02 Å². The number of hydrazone groups is 1. The molecule has 0 heterocycles. The fraction of sp³-hybridized carbons (Fsp3) is 0.125. The third kappa shape index (κ3) is 5.26. The van der Waals surface area contributed by atoms with Crippen molar-refractivity contribution in [1.29, 1.82) is 0 Å². The normalized spacial score (nSPS) is 12.1. The minimum atomic E-state index is -0.471. The van der Waals surface area contributed by atoms with Crippen molar-refractivity contribution < 1.29 is 9.90 Å².